The summed E-state index contributed by atoms with van der Waals surface area (Å²) in [7, 11) is 0. The number of hydrogen-bond donors (Lipinski definition) is 2. The topological polar surface area (TPSA) is 58.6 Å². The summed E-state index contributed by atoms with van der Waals surface area (Å²) < 4.78 is 5.53. The highest BCUT2D eigenvalue weighted by molar-refractivity contribution is 6.32. The Labute approximate surface area is 128 Å². The van der Waals surface area contributed by atoms with Crippen LogP contribution in [0.15, 0.2) is 36.4 Å². The van der Waals surface area contributed by atoms with Crippen LogP contribution in [0.5, 0.6) is 5.75 Å². The minimum absolute atomic E-state index is 0.197. The van der Waals surface area contributed by atoms with Crippen LogP contribution in [0.2, 0.25) is 5.02 Å². The van der Waals surface area contributed by atoms with Crippen molar-refractivity contribution in [3.63, 3.8) is 0 Å². The number of carboxylic acids is 1. The van der Waals surface area contributed by atoms with Gasteiger partial charge < -0.3 is 15.2 Å². The summed E-state index contributed by atoms with van der Waals surface area (Å²) in [6.45, 7) is 4.23. The number of hydrogen-bond acceptors (Lipinski definition) is 3. The van der Waals surface area contributed by atoms with E-state index >= 15 is 0 Å². The van der Waals surface area contributed by atoms with Crippen LogP contribution < -0.4 is 10.1 Å². The number of aryl methyl sites for hydroxylation is 1. The van der Waals surface area contributed by atoms with Gasteiger partial charge in [-0.2, -0.15) is 0 Å². The lowest BCUT2D eigenvalue weighted by atomic mass is 10.1. The Hall–Kier alpha value is -2.20. The van der Waals surface area contributed by atoms with E-state index in [9.17, 15) is 9.90 Å². The van der Waals surface area contributed by atoms with Gasteiger partial charge in [0, 0.05) is 0 Å². The average Bonchev–Trinajstić information content (AvgIpc) is 2.42. The van der Waals surface area contributed by atoms with Crippen molar-refractivity contribution < 1.29 is 14.6 Å². The van der Waals surface area contributed by atoms with Gasteiger partial charge in [-0.15, -0.1) is 0 Å². The number of anilines is 2. The van der Waals surface area contributed by atoms with Crippen LogP contribution in [0.1, 0.15) is 22.8 Å². The number of rotatable bonds is 5. The molecule has 0 aromatic heterocycles. The fourth-order valence-electron chi connectivity index (χ4n) is 1.99. The standard InChI is InChI=1S/C16H16ClNO3/c1-3-21-15-12(17)5-4-6-13(15)18-14-9-10(2)7-8-11(14)16(19)20/h4-9,18H,3H2,1-2H3,(H,19,20). The van der Waals surface area contributed by atoms with Gasteiger partial charge in [-0.25, -0.2) is 4.79 Å². The molecule has 2 rings (SSSR count). The predicted octanol–water partition coefficient (Wildman–Crippen LogP) is 4.49. The van der Waals surface area contributed by atoms with Gasteiger partial charge in [-0.1, -0.05) is 23.7 Å². The molecule has 0 aliphatic rings. The summed E-state index contributed by atoms with van der Waals surface area (Å²) >= 11 is 6.13. The zero-order chi connectivity index (χ0) is 15.4. The number of carbonyl (C=O) groups is 1. The van der Waals surface area contributed by atoms with Crippen LogP contribution in [0.3, 0.4) is 0 Å². The molecule has 0 atom stereocenters. The highest BCUT2D eigenvalue weighted by atomic mass is 35.5. The van der Waals surface area contributed by atoms with E-state index in [0.717, 1.165) is 5.56 Å². The highest BCUT2D eigenvalue weighted by Crippen LogP contribution is 2.35. The monoisotopic (exact) mass is 305 g/mol. The fourth-order valence-corrected chi connectivity index (χ4v) is 2.22. The van der Waals surface area contributed by atoms with E-state index in [1.54, 1.807) is 36.4 Å². The smallest absolute Gasteiger partial charge is 0.337 e. The normalized spacial score (nSPS) is 10.2. The zero-order valence-electron chi connectivity index (χ0n) is 11.8. The van der Waals surface area contributed by atoms with E-state index in [4.69, 9.17) is 16.3 Å². The molecule has 4 nitrogen and oxygen atoms in total. The van der Waals surface area contributed by atoms with Crippen molar-refractivity contribution in [2.75, 3.05) is 11.9 Å². The molecule has 0 spiro atoms. The highest BCUT2D eigenvalue weighted by Gasteiger charge is 2.13. The molecular formula is C16H16ClNO3. The lowest BCUT2D eigenvalue weighted by Crippen LogP contribution is -2.04. The first kappa shape index (κ1) is 15.2. The first-order valence-corrected chi connectivity index (χ1v) is 6.93. The van der Waals surface area contributed by atoms with E-state index in [0.29, 0.717) is 28.8 Å². The van der Waals surface area contributed by atoms with Gasteiger partial charge in [0.25, 0.3) is 0 Å². The van der Waals surface area contributed by atoms with Crippen LogP contribution >= 0.6 is 11.6 Å². The molecule has 2 aromatic carbocycles. The summed E-state index contributed by atoms with van der Waals surface area (Å²) in [6, 6.07) is 10.4. The van der Waals surface area contributed by atoms with Crippen molar-refractivity contribution in [1.29, 1.82) is 0 Å². The van der Waals surface area contributed by atoms with Gasteiger partial charge in [-0.05, 0) is 43.7 Å². The van der Waals surface area contributed by atoms with Crippen LogP contribution in [0.25, 0.3) is 0 Å². The van der Waals surface area contributed by atoms with E-state index in [2.05, 4.69) is 5.32 Å². The molecule has 21 heavy (non-hydrogen) atoms. The van der Waals surface area contributed by atoms with Crippen molar-refractivity contribution in [2.45, 2.75) is 13.8 Å². The molecule has 0 saturated carbocycles. The van der Waals surface area contributed by atoms with E-state index in [1.165, 1.54) is 0 Å². The lowest BCUT2D eigenvalue weighted by molar-refractivity contribution is 0.0698. The van der Waals surface area contributed by atoms with Crippen LogP contribution in [-0.4, -0.2) is 17.7 Å². The van der Waals surface area contributed by atoms with E-state index in [-0.39, 0.29) is 5.56 Å². The minimum Gasteiger partial charge on any atom is -0.490 e. The Morgan fingerprint density at radius 2 is 2.05 bits per heavy atom. The third kappa shape index (κ3) is 3.47. The molecule has 0 saturated heterocycles. The zero-order valence-corrected chi connectivity index (χ0v) is 12.6. The molecule has 0 amide bonds. The molecule has 0 heterocycles. The summed E-state index contributed by atoms with van der Waals surface area (Å²) in [4.78, 5) is 11.3. The van der Waals surface area contributed by atoms with Gasteiger partial charge in [-0.3, -0.25) is 0 Å². The predicted molar refractivity (Wildman–Crippen MR) is 84.0 cm³/mol. The van der Waals surface area contributed by atoms with Gasteiger partial charge >= 0.3 is 5.97 Å². The Morgan fingerprint density at radius 1 is 1.29 bits per heavy atom. The molecule has 110 valence electrons. The van der Waals surface area contributed by atoms with Crippen molar-refractivity contribution >= 4 is 28.9 Å². The van der Waals surface area contributed by atoms with Gasteiger partial charge in [0.05, 0.1) is 28.6 Å². The number of carboxylic acid groups (broad SMARTS) is 1. The summed E-state index contributed by atoms with van der Waals surface area (Å²) in [5, 5.41) is 12.8. The minimum atomic E-state index is -0.988. The molecule has 0 radical (unpaired) electrons. The summed E-state index contributed by atoms with van der Waals surface area (Å²) in [5.41, 5.74) is 2.30. The summed E-state index contributed by atoms with van der Waals surface area (Å²) in [6.07, 6.45) is 0. The molecule has 0 unspecified atom stereocenters. The number of aromatic carboxylic acids is 1. The number of para-hydroxylation sites is 1. The van der Waals surface area contributed by atoms with Crippen LogP contribution in [0.4, 0.5) is 11.4 Å². The van der Waals surface area contributed by atoms with Gasteiger partial charge in [0.2, 0.25) is 0 Å². The second-order valence-corrected chi connectivity index (χ2v) is 4.94. The summed E-state index contributed by atoms with van der Waals surface area (Å²) in [5.74, 6) is -0.475. The number of nitrogens with one attached hydrogen (secondary N) is 1. The Bertz CT molecular complexity index is 671. The molecule has 0 aliphatic carbocycles. The van der Waals surface area contributed by atoms with Crippen molar-refractivity contribution in [2.24, 2.45) is 0 Å². The number of halogens is 1. The van der Waals surface area contributed by atoms with Gasteiger partial charge in [0.15, 0.2) is 5.75 Å². The second kappa shape index (κ2) is 6.50. The van der Waals surface area contributed by atoms with Crippen molar-refractivity contribution in [3.05, 3.63) is 52.5 Å². The Morgan fingerprint density at radius 3 is 2.71 bits per heavy atom. The maximum absolute atomic E-state index is 11.3. The average molecular weight is 306 g/mol. The van der Waals surface area contributed by atoms with Crippen LogP contribution in [0, 0.1) is 6.92 Å². The maximum Gasteiger partial charge on any atom is 0.337 e. The molecule has 0 aliphatic heterocycles. The number of ether oxygens (including phenoxy) is 1. The molecule has 0 bridgehead atoms. The molecular weight excluding hydrogens is 290 g/mol. The second-order valence-electron chi connectivity index (χ2n) is 4.53. The Kier molecular flexibility index (Phi) is 4.70. The van der Waals surface area contributed by atoms with Gasteiger partial charge in [0.1, 0.15) is 0 Å². The first-order valence-electron chi connectivity index (χ1n) is 6.55. The lowest BCUT2D eigenvalue weighted by Gasteiger charge is -2.15. The van der Waals surface area contributed by atoms with Crippen molar-refractivity contribution in [1.82, 2.24) is 0 Å². The molecule has 0 fully saturated rings. The SMILES string of the molecule is CCOc1c(Cl)cccc1Nc1cc(C)ccc1C(=O)O. The molecule has 5 heteroatoms. The molecule has 2 N–H and O–H groups in total. The third-order valence-corrected chi connectivity index (χ3v) is 3.23. The Balaban J connectivity index is 2.45. The van der Waals surface area contributed by atoms with Crippen LogP contribution in [-0.2, 0) is 0 Å². The third-order valence-electron chi connectivity index (χ3n) is 2.93. The quantitative estimate of drug-likeness (QED) is 0.854. The van der Waals surface area contributed by atoms with E-state index in [1.807, 2.05) is 13.8 Å². The maximum atomic E-state index is 11.3. The molecule has 2 aromatic rings. The van der Waals surface area contributed by atoms with Crippen molar-refractivity contribution in [3.8, 4) is 5.75 Å². The number of benzene rings is 2. The fraction of sp³-hybridized carbons (Fsp3) is 0.188. The van der Waals surface area contributed by atoms with E-state index < -0.39 is 5.97 Å². The largest absolute Gasteiger partial charge is 0.490 e. The first-order chi connectivity index (χ1) is 10.0.